The van der Waals surface area contributed by atoms with Crippen LogP contribution in [0.15, 0.2) is 71.8 Å². The molecular formula is C25H23FN2O5. The highest BCUT2D eigenvalue weighted by Gasteiger charge is 2.14. The van der Waals surface area contributed by atoms with E-state index in [1.165, 1.54) is 24.4 Å². The van der Waals surface area contributed by atoms with E-state index in [9.17, 15) is 14.0 Å². The molecule has 3 aromatic carbocycles. The Bertz CT molecular complexity index is 1150. The third-order valence-electron chi connectivity index (χ3n) is 4.37. The number of esters is 1. The molecule has 0 heterocycles. The molecule has 0 saturated heterocycles. The normalized spacial score (nSPS) is 10.6. The first-order valence-electron chi connectivity index (χ1n) is 10.3. The highest BCUT2D eigenvalue weighted by atomic mass is 19.1. The predicted molar refractivity (Wildman–Crippen MR) is 122 cm³/mol. The quantitative estimate of drug-likeness (QED) is 0.223. The zero-order chi connectivity index (χ0) is 23.6. The summed E-state index contributed by atoms with van der Waals surface area (Å²) in [7, 11) is 0. The van der Waals surface area contributed by atoms with Crippen LogP contribution in [-0.4, -0.2) is 31.3 Å². The molecule has 1 N–H and O–H groups in total. The lowest BCUT2D eigenvalue weighted by Crippen LogP contribution is -2.18. The zero-order valence-corrected chi connectivity index (χ0v) is 18.2. The number of ether oxygens (including phenoxy) is 3. The van der Waals surface area contributed by atoms with E-state index in [2.05, 4.69) is 10.5 Å². The number of hydrogen-bond donors (Lipinski definition) is 1. The first kappa shape index (κ1) is 23.5. The Morgan fingerprint density at radius 1 is 0.939 bits per heavy atom. The Hall–Kier alpha value is -4.20. The molecule has 0 spiro atoms. The molecule has 0 unspecified atom stereocenters. The predicted octanol–water partition coefficient (Wildman–Crippen LogP) is 4.61. The summed E-state index contributed by atoms with van der Waals surface area (Å²) in [5, 5.41) is 3.86. The minimum absolute atomic E-state index is 0.110. The number of rotatable bonds is 9. The van der Waals surface area contributed by atoms with Gasteiger partial charge in [-0.3, -0.25) is 4.79 Å². The average molecular weight is 450 g/mol. The fraction of sp³-hybridized carbons (Fsp3) is 0.160. The van der Waals surface area contributed by atoms with Crippen molar-refractivity contribution in [1.29, 1.82) is 0 Å². The van der Waals surface area contributed by atoms with Crippen LogP contribution in [0.4, 0.5) is 4.39 Å². The maximum atomic E-state index is 13.7. The minimum Gasteiger partial charge on any atom is -0.494 e. The molecule has 0 aliphatic carbocycles. The number of carbonyl (C=O) groups excluding carboxylic acids is 2. The van der Waals surface area contributed by atoms with E-state index >= 15 is 0 Å². The van der Waals surface area contributed by atoms with E-state index in [0.717, 1.165) is 0 Å². The lowest BCUT2D eigenvalue weighted by Gasteiger charge is -2.11. The number of halogens is 1. The molecule has 0 aliphatic rings. The van der Waals surface area contributed by atoms with Gasteiger partial charge >= 0.3 is 5.97 Å². The first-order chi connectivity index (χ1) is 16.0. The Morgan fingerprint density at radius 3 is 2.36 bits per heavy atom. The molecular weight excluding hydrogens is 427 g/mol. The fourth-order valence-corrected chi connectivity index (χ4v) is 2.84. The maximum Gasteiger partial charge on any atom is 0.343 e. The summed E-state index contributed by atoms with van der Waals surface area (Å²) in [4.78, 5) is 24.5. The van der Waals surface area contributed by atoms with Crippen molar-refractivity contribution in [1.82, 2.24) is 5.43 Å². The number of nitrogens with one attached hydrogen (secondary N) is 1. The second kappa shape index (κ2) is 11.4. The summed E-state index contributed by atoms with van der Waals surface area (Å²) >= 11 is 0. The lowest BCUT2D eigenvalue weighted by atomic mass is 10.2. The van der Waals surface area contributed by atoms with Gasteiger partial charge in [-0.25, -0.2) is 14.6 Å². The van der Waals surface area contributed by atoms with Gasteiger partial charge in [-0.15, -0.1) is 0 Å². The topological polar surface area (TPSA) is 86.2 Å². The molecule has 0 radical (unpaired) electrons. The van der Waals surface area contributed by atoms with Crippen LogP contribution < -0.4 is 19.6 Å². The molecule has 33 heavy (non-hydrogen) atoms. The fourth-order valence-electron chi connectivity index (χ4n) is 2.84. The minimum atomic E-state index is -0.671. The molecule has 0 bridgehead atoms. The Kier molecular flexibility index (Phi) is 8.13. The smallest absolute Gasteiger partial charge is 0.343 e. The Balaban J connectivity index is 1.69. The summed E-state index contributed by atoms with van der Waals surface area (Å²) in [6.45, 7) is 4.55. The van der Waals surface area contributed by atoms with Gasteiger partial charge in [0.15, 0.2) is 11.5 Å². The van der Waals surface area contributed by atoms with Gasteiger partial charge in [0.1, 0.15) is 11.6 Å². The molecule has 3 aromatic rings. The molecule has 0 saturated carbocycles. The van der Waals surface area contributed by atoms with Crippen molar-refractivity contribution in [2.24, 2.45) is 5.10 Å². The van der Waals surface area contributed by atoms with Crippen LogP contribution in [0.25, 0.3) is 0 Å². The molecule has 0 aromatic heterocycles. The van der Waals surface area contributed by atoms with Gasteiger partial charge in [-0.1, -0.05) is 12.1 Å². The SMILES string of the molecule is CCOc1ccc(C(=O)Oc2ccc(C=NNC(=O)c3ccccc3F)cc2OCC)cc1. The van der Waals surface area contributed by atoms with Gasteiger partial charge in [-0.2, -0.15) is 5.10 Å². The lowest BCUT2D eigenvalue weighted by molar-refractivity contribution is 0.0728. The van der Waals surface area contributed by atoms with Crippen molar-refractivity contribution < 1.29 is 28.2 Å². The largest absolute Gasteiger partial charge is 0.494 e. The van der Waals surface area contributed by atoms with Crippen LogP contribution in [0.5, 0.6) is 17.2 Å². The molecule has 1 amide bonds. The number of amides is 1. The molecule has 8 heteroatoms. The standard InChI is InChI=1S/C25H23FN2O5/c1-3-31-19-12-10-18(11-13-19)25(30)33-22-14-9-17(15-23(22)32-4-2)16-27-28-24(29)20-7-5-6-8-21(20)26/h5-16H,3-4H2,1-2H3,(H,28,29). The maximum absolute atomic E-state index is 13.7. The van der Waals surface area contributed by atoms with Gasteiger partial charge < -0.3 is 14.2 Å². The van der Waals surface area contributed by atoms with Crippen molar-refractivity contribution in [3.05, 3.63) is 89.2 Å². The third kappa shape index (κ3) is 6.39. The highest BCUT2D eigenvalue weighted by molar-refractivity contribution is 5.95. The number of hydrazone groups is 1. The van der Waals surface area contributed by atoms with Gasteiger partial charge in [0.2, 0.25) is 0 Å². The third-order valence-corrected chi connectivity index (χ3v) is 4.37. The van der Waals surface area contributed by atoms with Crippen LogP contribution in [-0.2, 0) is 0 Å². The Labute approximate surface area is 190 Å². The Morgan fingerprint density at radius 2 is 1.67 bits per heavy atom. The van der Waals surface area contributed by atoms with E-state index in [1.807, 2.05) is 6.92 Å². The van der Waals surface area contributed by atoms with Crippen LogP contribution in [0, 0.1) is 5.82 Å². The summed E-state index contributed by atoms with van der Waals surface area (Å²) in [6, 6.07) is 17.1. The number of nitrogens with zero attached hydrogens (tertiary/aromatic N) is 1. The molecule has 3 rings (SSSR count). The van der Waals surface area contributed by atoms with E-state index in [0.29, 0.717) is 35.8 Å². The second-order valence-electron chi connectivity index (χ2n) is 6.67. The van der Waals surface area contributed by atoms with Gasteiger partial charge in [0, 0.05) is 0 Å². The van der Waals surface area contributed by atoms with Gasteiger partial charge in [-0.05, 0) is 74.0 Å². The molecule has 0 aliphatic heterocycles. The van der Waals surface area contributed by atoms with Crippen LogP contribution >= 0.6 is 0 Å². The number of hydrogen-bond acceptors (Lipinski definition) is 6. The van der Waals surface area contributed by atoms with Crippen molar-refractivity contribution in [3.63, 3.8) is 0 Å². The van der Waals surface area contributed by atoms with E-state index < -0.39 is 17.7 Å². The van der Waals surface area contributed by atoms with Gasteiger partial charge in [0.05, 0.1) is 30.6 Å². The molecule has 0 atom stereocenters. The summed E-state index contributed by atoms with van der Waals surface area (Å²) < 4.78 is 30.1. The zero-order valence-electron chi connectivity index (χ0n) is 18.2. The van der Waals surface area contributed by atoms with E-state index in [-0.39, 0.29) is 11.3 Å². The highest BCUT2D eigenvalue weighted by Crippen LogP contribution is 2.29. The molecule has 170 valence electrons. The monoisotopic (exact) mass is 450 g/mol. The van der Waals surface area contributed by atoms with E-state index in [4.69, 9.17) is 14.2 Å². The number of carbonyl (C=O) groups is 2. The van der Waals surface area contributed by atoms with E-state index in [1.54, 1.807) is 55.5 Å². The summed E-state index contributed by atoms with van der Waals surface area (Å²) in [5.41, 5.74) is 3.11. The second-order valence-corrected chi connectivity index (χ2v) is 6.67. The molecule has 7 nitrogen and oxygen atoms in total. The van der Waals surface area contributed by atoms with Crippen molar-refractivity contribution in [2.45, 2.75) is 13.8 Å². The number of benzene rings is 3. The van der Waals surface area contributed by atoms with Gasteiger partial charge in [0.25, 0.3) is 5.91 Å². The van der Waals surface area contributed by atoms with Crippen molar-refractivity contribution >= 4 is 18.1 Å². The average Bonchev–Trinajstić information content (AvgIpc) is 2.81. The van der Waals surface area contributed by atoms with Crippen molar-refractivity contribution in [2.75, 3.05) is 13.2 Å². The summed E-state index contributed by atoms with van der Waals surface area (Å²) in [6.07, 6.45) is 1.37. The van der Waals surface area contributed by atoms with Crippen LogP contribution in [0.3, 0.4) is 0 Å². The summed E-state index contributed by atoms with van der Waals surface area (Å²) in [5.74, 6) is -0.616. The molecule has 0 fully saturated rings. The first-order valence-corrected chi connectivity index (χ1v) is 10.3. The van der Waals surface area contributed by atoms with Crippen LogP contribution in [0.1, 0.15) is 40.1 Å². The van der Waals surface area contributed by atoms with Crippen LogP contribution in [0.2, 0.25) is 0 Å². The van der Waals surface area contributed by atoms with Crippen molar-refractivity contribution in [3.8, 4) is 17.2 Å².